The molecule has 0 radical (unpaired) electrons. The van der Waals surface area contributed by atoms with E-state index in [0.717, 1.165) is 47.9 Å². The van der Waals surface area contributed by atoms with Crippen LogP contribution in [0.5, 0.6) is 0 Å². The summed E-state index contributed by atoms with van der Waals surface area (Å²) in [7, 11) is 0. The highest BCUT2D eigenvalue weighted by atomic mass is 35.5. The Bertz CT molecular complexity index is 578. The molecule has 2 aromatic rings. The summed E-state index contributed by atoms with van der Waals surface area (Å²) in [4.78, 5) is 0. The zero-order valence-electron chi connectivity index (χ0n) is 12.5. The Labute approximate surface area is 130 Å². The molecule has 1 N–H and O–H groups in total. The van der Waals surface area contributed by atoms with Crippen molar-refractivity contribution in [3.63, 3.8) is 0 Å². The topological polar surface area (TPSA) is 29.9 Å². The summed E-state index contributed by atoms with van der Waals surface area (Å²) in [6.45, 7) is 6.44. The summed E-state index contributed by atoms with van der Waals surface area (Å²) < 4.78 is 14.8. The number of hydrogen-bond acceptors (Lipinski definition) is 2. The summed E-state index contributed by atoms with van der Waals surface area (Å²) in [6, 6.07) is 6.61. The van der Waals surface area contributed by atoms with Crippen molar-refractivity contribution in [1.29, 1.82) is 0 Å². The van der Waals surface area contributed by atoms with Crippen molar-refractivity contribution in [3.8, 4) is 0 Å². The third-order valence-corrected chi connectivity index (χ3v) is 3.93. The van der Waals surface area contributed by atoms with Gasteiger partial charge in [-0.1, -0.05) is 30.7 Å². The average Bonchev–Trinajstić information content (AvgIpc) is 2.81. The van der Waals surface area contributed by atoms with Crippen LogP contribution >= 0.6 is 11.6 Å². The fourth-order valence-electron chi connectivity index (χ4n) is 2.28. The molecule has 0 saturated carbocycles. The molecule has 5 heteroatoms. The number of aromatic nitrogens is 2. The number of nitrogens with zero attached hydrogens (tertiary/aromatic N) is 2. The fourth-order valence-corrected chi connectivity index (χ4v) is 2.61. The van der Waals surface area contributed by atoms with Crippen molar-refractivity contribution in [3.05, 3.63) is 52.1 Å². The first-order valence-corrected chi connectivity index (χ1v) is 7.72. The van der Waals surface area contributed by atoms with E-state index in [2.05, 4.69) is 24.3 Å². The maximum atomic E-state index is 12.8. The molecule has 0 spiro atoms. The minimum atomic E-state index is -0.197. The van der Waals surface area contributed by atoms with Crippen LogP contribution in [0.4, 0.5) is 4.39 Å². The molecule has 0 aliphatic heterocycles. The molecule has 1 heterocycles. The van der Waals surface area contributed by atoms with Crippen LogP contribution in [-0.4, -0.2) is 16.3 Å². The molecule has 3 nitrogen and oxygen atoms in total. The summed E-state index contributed by atoms with van der Waals surface area (Å²) in [5, 5.41) is 8.65. The molecular formula is C16H21ClFN3. The summed E-state index contributed by atoms with van der Waals surface area (Å²) in [5.41, 5.74) is 3.11. The Kier molecular flexibility index (Phi) is 5.76. The maximum absolute atomic E-state index is 12.8. The molecule has 0 fully saturated rings. The molecule has 0 saturated heterocycles. The highest BCUT2D eigenvalue weighted by Crippen LogP contribution is 2.21. The molecule has 2 rings (SSSR count). The van der Waals surface area contributed by atoms with Crippen LogP contribution in [0.15, 0.2) is 24.3 Å². The Morgan fingerprint density at radius 1 is 1.24 bits per heavy atom. The predicted molar refractivity (Wildman–Crippen MR) is 84.1 cm³/mol. The second kappa shape index (κ2) is 7.57. The molecule has 114 valence electrons. The highest BCUT2D eigenvalue weighted by Gasteiger charge is 2.13. The monoisotopic (exact) mass is 309 g/mol. The predicted octanol–water partition coefficient (Wildman–Crippen LogP) is 3.59. The Hall–Kier alpha value is -1.39. The number of benzene rings is 1. The molecule has 0 amide bonds. The largest absolute Gasteiger partial charge is 0.311 e. The van der Waals surface area contributed by atoms with Crippen LogP contribution in [0.3, 0.4) is 0 Å². The van der Waals surface area contributed by atoms with Crippen LogP contribution in [0.25, 0.3) is 0 Å². The lowest BCUT2D eigenvalue weighted by Crippen LogP contribution is -2.19. The van der Waals surface area contributed by atoms with E-state index in [-0.39, 0.29) is 5.82 Å². The van der Waals surface area contributed by atoms with E-state index < -0.39 is 0 Å². The maximum Gasteiger partial charge on any atom is 0.123 e. The van der Waals surface area contributed by atoms with Crippen molar-refractivity contribution in [2.24, 2.45) is 0 Å². The number of halogens is 2. The van der Waals surface area contributed by atoms with Gasteiger partial charge in [0.1, 0.15) is 5.82 Å². The molecule has 1 aromatic heterocycles. The van der Waals surface area contributed by atoms with Gasteiger partial charge in [0.05, 0.1) is 16.4 Å². The summed E-state index contributed by atoms with van der Waals surface area (Å²) >= 11 is 6.36. The highest BCUT2D eigenvalue weighted by molar-refractivity contribution is 6.31. The van der Waals surface area contributed by atoms with Gasteiger partial charge in [0.15, 0.2) is 0 Å². The average molecular weight is 310 g/mol. The van der Waals surface area contributed by atoms with Crippen molar-refractivity contribution in [2.45, 2.75) is 39.8 Å². The SMILES string of the molecule is CCc1nn(CC)c(CNCCc2ccc(F)cc2)c1Cl. The van der Waals surface area contributed by atoms with Gasteiger partial charge in [-0.2, -0.15) is 5.10 Å². The van der Waals surface area contributed by atoms with Gasteiger partial charge in [-0.15, -0.1) is 0 Å². The van der Waals surface area contributed by atoms with E-state index in [1.807, 2.05) is 16.8 Å². The van der Waals surface area contributed by atoms with Gasteiger partial charge in [0.2, 0.25) is 0 Å². The van der Waals surface area contributed by atoms with Gasteiger partial charge in [-0.3, -0.25) is 4.68 Å². The summed E-state index contributed by atoms with van der Waals surface area (Å²) in [5.74, 6) is -0.197. The molecule has 1 aromatic carbocycles. The van der Waals surface area contributed by atoms with Crippen LogP contribution in [0, 0.1) is 5.82 Å². The third kappa shape index (κ3) is 4.05. The van der Waals surface area contributed by atoms with Gasteiger partial charge in [0, 0.05) is 13.1 Å². The van der Waals surface area contributed by atoms with Crippen molar-refractivity contribution in [1.82, 2.24) is 15.1 Å². The quantitative estimate of drug-likeness (QED) is 0.792. The molecule has 0 unspecified atom stereocenters. The lowest BCUT2D eigenvalue weighted by molar-refractivity contribution is 0.578. The number of hydrogen-bond donors (Lipinski definition) is 1. The van der Waals surface area contributed by atoms with Crippen LogP contribution in [0.2, 0.25) is 5.02 Å². The fraction of sp³-hybridized carbons (Fsp3) is 0.438. The lowest BCUT2D eigenvalue weighted by Gasteiger charge is -2.07. The van der Waals surface area contributed by atoms with Gasteiger partial charge in [-0.25, -0.2) is 4.39 Å². The van der Waals surface area contributed by atoms with Crippen molar-refractivity contribution < 1.29 is 4.39 Å². The van der Waals surface area contributed by atoms with Crippen molar-refractivity contribution >= 4 is 11.6 Å². The molecule has 21 heavy (non-hydrogen) atoms. The number of rotatable bonds is 7. The van der Waals surface area contributed by atoms with Gasteiger partial charge >= 0.3 is 0 Å². The molecular weight excluding hydrogens is 289 g/mol. The Balaban J connectivity index is 1.88. The normalized spacial score (nSPS) is 11.0. The zero-order valence-corrected chi connectivity index (χ0v) is 13.3. The second-order valence-electron chi connectivity index (χ2n) is 4.93. The molecule has 0 aliphatic rings. The van der Waals surface area contributed by atoms with Gasteiger partial charge < -0.3 is 5.32 Å². The third-order valence-electron chi connectivity index (χ3n) is 3.49. The number of nitrogens with one attached hydrogen (secondary N) is 1. The van der Waals surface area contributed by atoms with E-state index in [1.165, 1.54) is 12.1 Å². The van der Waals surface area contributed by atoms with Crippen LogP contribution < -0.4 is 5.32 Å². The van der Waals surface area contributed by atoms with Crippen molar-refractivity contribution in [2.75, 3.05) is 6.54 Å². The van der Waals surface area contributed by atoms with Crippen LogP contribution in [0.1, 0.15) is 30.8 Å². The van der Waals surface area contributed by atoms with E-state index in [0.29, 0.717) is 6.54 Å². The standard InChI is InChI=1S/C16H21ClFN3/c1-3-14-16(17)15(21(4-2)20-14)11-19-10-9-12-5-7-13(18)8-6-12/h5-8,19H,3-4,9-11H2,1-2H3. The Morgan fingerprint density at radius 3 is 2.57 bits per heavy atom. The zero-order chi connectivity index (χ0) is 15.2. The first-order valence-electron chi connectivity index (χ1n) is 7.34. The second-order valence-corrected chi connectivity index (χ2v) is 5.31. The first-order chi connectivity index (χ1) is 10.2. The Morgan fingerprint density at radius 2 is 1.95 bits per heavy atom. The molecule has 0 aliphatic carbocycles. The summed E-state index contributed by atoms with van der Waals surface area (Å²) in [6.07, 6.45) is 1.70. The van der Waals surface area contributed by atoms with E-state index in [9.17, 15) is 4.39 Å². The lowest BCUT2D eigenvalue weighted by atomic mass is 10.1. The number of aryl methyl sites for hydroxylation is 2. The van der Waals surface area contributed by atoms with Gasteiger partial charge in [0.25, 0.3) is 0 Å². The van der Waals surface area contributed by atoms with E-state index in [4.69, 9.17) is 11.6 Å². The smallest absolute Gasteiger partial charge is 0.123 e. The molecule has 0 bridgehead atoms. The van der Waals surface area contributed by atoms with E-state index in [1.54, 1.807) is 0 Å². The van der Waals surface area contributed by atoms with Crippen LogP contribution in [-0.2, 0) is 25.9 Å². The minimum Gasteiger partial charge on any atom is -0.311 e. The first kappa shape index (κ1) is 16.0. The van der Waals surface area contributed by atoms with Gasteiger partial charge in [-0.05, 0) is 44.0 Å². The van der Waals surface area contributed by atoms with E-state index >= 15 is 0 Å². The molecule has 0 atom stereocenters. The minimum absolute atomic E-state index is 0.197.